The maximum Gasteiger partial charge on any atom is 0.270 e. The van der Waals surface area contributed by atoms with Crippen LogP contribution in [-0.2, 0) is 0 Å². The maximum absolute atomic E-state index is 12.8. The number of carbonyl (C=O) groups excluding carboxylic acids is 1. The van der Waals surface area contributed by atoms with Gasteiger partial charge in [0, 0.05) is 11.5 Å². The van der Waals surface area contributed by atoms with Gasteiger partial charge in [0.05, 0.1) is 18.5 Å². The van der Waals surface area contributed by atoms with Gasteiger partial charge in [-0.05, 0) is 43.3 Å². The smallest absolute Gasteiger partial charge is 0.270 e. The molecule has 1 aromatic carbocycles. The van der Waals surface area contributed by atoms with Crippen LogP contribution in [0.2, 0.25) is 0 Å². The first-order valence-electron chi connectivity index (χ1n) is 8.27. The molecule has 6 heteroatoms. The van der Waals surface area contributed by atoms with E-state index in [9.17, 15) is 4.79 Å². The summed E-state index contributed by atoms with van der Waals surface area (Å²) in [5.74, 6) is 1.66. The molecule has 4 rings (SSSR count). The number of nitrogens with zero attached hydrogens (tertiary/aromatic N) is 2. The molecule has 1 saturated carbocycles. The van der Waals surface area contributed by atoms with Crippen LogP contribution >= 0.6 is 11.3 Å². The highest BCUT2D eigenvalue weighted by atomic mass is 32.1. The number of carbonyl (C=O) groups is 1. The summed E-state index contributed by atoms with van der Waals surface area (Å²) >= 11 is 1.37. The van der Waals surface area contributed by atoms with Crippen LogP contribution in [0.4, 0.5) is 5.82 Å². The van der Waals surface area contributed by atoms with Crippen molar-refractivity contribution in [2.75, 3.05) is 12.4 Å². The minimum absolute atomic E-state index is 0.172. The molecule has 5 nitrogen and oxygen atoms in total. The number of hydrogen-bond acceptors (Lipinski definition) is 4. The van der Waals surface area contributed by atoms with Gasteiger partial charge in [-0.2, -0.15) is 5.10 Å². The molecule has 0 saturated heterocycles. The van der Waals surface area contributed by atoms with Crippen molar-refractivity contribution in [1.82, 2.24) is 9.78 Å². The Morgan fingerprint density at radius 1 is 1.28 bits per heavy atom. The molecule has 128 valence electrons. The highest BCUT2D eigenvalue weighted by Gasteiger charge is 2.31. The highest BCUT2D eigenvalue weighted by Crippen LogP contribution is 2.43. The largest absolute Gasteiger partial charge is 0.495 e. The molecule has 1 N–H and O–H groups in total. The lowest BCUT2D eigenvalue weighted by molar-refractivity contribution is 0.102. The van der Waals surface area contributed by atoms with Crippen molar-refractivity contribution in [3.63, 3.8) is 0 Å². The van der Waals surface area contributed by atoms with E-state index in [0.717, 1.165) is 22.8 Å². The molecule has 2 aromatic heterocycles. The second-order valence-corrected chi connectivity index (χ2v) is 7.07. The van der Waals surface area contributed by atoms with E-state index in [4.69, 9.17) is 9.84 Å². The number of anilines is 1. The van der Waals surface area contributed by atoms with Crippen LogP contribution in [0.3, 0.4) is 0 Å². The zero-order valence-corrected chi connectivity index (χ0v) is 15.0. The SMILES string of the molecule is COc1ccsc1C(=O)Nc1c(C)c(C2CC2)nn1-c1ccccc1. The summed E-state index contributed by atoms with van der Waals surface area (Å²) < 4.78 is 7.10. The van der Waals surface area contributed by atoms with Crippen LogP contribution in [0.5, 0.6) is 5.75 Å². The summed E-state index contributed by atoms with van der Waals surface area (Å²) in [4.78, 5) is 13.3. The number of methoxy groups -OCH3 is 1. The molecule has 2 heterocycles. The maximum atomic E-state index is 12.8. The van der Waals surface area contributed by atoms with E-state index in [1.165, 1.54) is 24.2 Å². The fourth-order valence-electron chi connectivity index (χ4n) is 2.95. The number of ether oxygens (including phenoxy) is 1. The number of thiophene rings is 1. The average molecular weight is 353 g/mol. The van der Waals surface area contributed by atoms with Crippen LogP contribution in [-0.4, -0.2) is 22.8 Å². The average Bonchev–Trinajstić information content (AvgIpc) is 3.27. The Bertz CT molecular complexity index is 910. The summed E-state index contributed by atoms with van der Waals surface area (Å²) in [6, 6.07) is 11.7. The van der Waals surface area contributed by atoms with Gasteiger partial charge in [0.15, 0.2) is 0 Å². The zero-order valence-electron chi connectivity index (χ0n) is 14.2. The molecule has 1 fully saturated rings. The highest BCUT2D eigenvalue weighted by molar-refractivity contribution is 7.12. The van der Waals surface area contributed by atoms with Crippen molar-refractivity contribution < 1.29 is 9.53 Å². The van der Waals surface area contributed by atoms with E-state index in [2.05, 4.69) is 5.32 Å². The Labute approximate surface area is 150 Å². The lowest BCUT2D eigenvalue weighted by Crippen LogP contribution is -2.15. The second-order valence-electron chi connectivity index (χ2n) is 6.15. The molecule has 25 heavy (non-hydrogen) atoms. The third-order valence-corrected chi connectivity index (χ3v) is 5.31. The van der Waals surface area contributed by atoms with E-state index in [1.54, 1.807) is 13.2 Å². The molecule has 0 atom stereocenters. The molecule has 0 aliphatic heterocycles. The van der Waals surface area contributed by atoms with E-state index in [0.29, 0.717) is 16.5 Å². The quantitative estimate of drug-likeness (QED) is 0.740. The van der Waals surface area contributed by atoms with E-state index in [1.807, 2.05) is 47.3 Å². The number of hydrogen-bond donors (Lipinski definition) is 1. The van der Waals surface area contributed by atoms with Gasteiger partial charge in [-0.15, -0.1) is 11.3 Å². The first-order chi connectivity index (χ1) is 12.2. The van der Waals surface area contributed by atoms with E-state index >= 15 is 0 Å². The van der Waals surface area contributed by atoms with Crippen LogP contribution in [0.15, 0.2) is 41.8 Å². The van der Waals surface area contributed by atoms with Gasteiger partial charge in [-0.3, -0.25) is 4.79 Å². The van der Waals surface area contributed by atoms with E-state index in [-0.39, 0.29) is 5.91 Å². The minimum Gasteiger partial charge on any atom is -0.495 e. The molecule has 0 unspecified atom stereocenters. The predicted molar refractivity (Wildman–Crippen MR) is 99.1 cm³/mol. The van der Waals surface area contributed by atoms with Gasteiger partial charge in [0.25, 0.3) is 5.91 Å². The molecular weight excluding hydrogens is 334 g/mol. The summed E-state index contributed by atoms with van der Waals surface area (Å²) in [6.07, 6.45) is 2.33. The van der Waals surface area contributed by atoms with Crippen LogP contribution < -0.4 is 10.1 Å². The first kappa shape index (κ1) is 15.9. The second kappa shape index (κ2) is 6.37. The van der Waals surface area contributed by atoms with Crippen molar-refractivity contribution in [3.8, 4) is 11.4 Å². The van der Waals surface area contributed by atoms with Gasteiger partial charge in [-0.1, -0.05) is 18.2 Å². The molecule has 1 aliphatic carbocycles. The van der Waals surface area contributed by atoms with Crippen molar-refractivity contribution in [1.29, 1.82) is 0 Å². The summed E-state index contributed by atoms with van der Waals surface area (Å²) in [6.45, 7) is 2.03. The first-order valence-corrected chi connectivity index (χ1v) is 9.14. The number of rotatable bonds is 5. The Kier molecular flexibility index (Phi) is 4.05. The van der Waals surface area contributed by atoms with E-state index < -0.39 is 0 Å². The summed E-state index contributed by atoms with van der Waals surface area (Å²) in [5, 5.41) is 9.69. The Hall–Kier alpha value is -2.60. The van der Waals surface area contributed by atoms with Crippen LogP contribution in [0.25, 0.3) is 5.69 Å². The number of nitrogens with one attached hydrogen (secondary N) is 1. The molecule has 1 aliphatic rings. The van der Waals surface area contributed by atoms with Gasteiger partial charge < -0.3 is 10.1 Å². The molecule has 0 bridgehead atoms. The monoisotopic (exact) mass is 353 g/mol. The molecule has 1 amide bonds. The summed E-state index contributed by atoms with van der Waals surface area (Å²) in [7, 11) is 1.57. The fourth-order valence-corrected chi connectivity index (χ4v) is 3.70. The van der Waals surface area contributed by atoms with Crippen molar-refractivity contribution in [3.05, 3.63) is 57.9 Å². The minimum atomic E-state index is -0.172. The zero-order chi connectivity index (χ0) is 17.4. The molecule has 0 radical (unpaired) electrons. The Morgan fingerprint density at radius 3 is 2.72 bits per heavy atom. The Morgan fingerprint density at radius 2 is 2.04 bits per heavy atom. The van der Waals surface area contributed by atoms with Gasteiger partial charge in [0.2, 0.25) is 0 Å². The van der Waals surface area contributed by atoms with Crippen LogP contribution in [0.1, 0.15) is 39.7 Å². The van der Waals surface area contributed by atoms with Crippen molar-refractivity contribution >= 4 is 23.1 Å². The predicted octanol–water partition coefficient (Wildman–Crippen LogP) is 4.38. The fraction of sp³-hybridized carbons (Fsp3) is 0.263. The Balaban J connectivity index is 1.74. The van der Waals surface area contributed by atoms with Gasteiger partial charge >= 0.3 is 0 Å². The standard InChI is InChI=1S/C19H19N3O2S/c1-12-16(13-8-9-13)21-22(14-6-4-3-5-7-14)18(12)20-19(23)17-15(24-2)10-11-25-17/h3-7,10-11,13H,8-9H2,1-2H3,(H,20,23). The molecule has 0 spiro atoms. The van der Waals surface area contributed by atoms with Crippen LogP contribution in [0, 0.1) is 6.92 Å². The summed E-state index contributed by atoms with van der Waals surface area (Å²) in [5.41, 5.74) is 3.05. The lowest BCUT2D eigenvalue weighted by Gasteiger charge is -2.10. The van der Waals surface area contributed by atoms with Gasteiger partial charge in [-0.25, -0.2) is 4.68 Å². The number of aromatic nitrogens is 2. The molecular formula is C19H19N3O2S. The number of para-hydroxylation sites is 1. The number of amides is 1. The van der Waals surface area contributed by atoms with Gasteiger partial charge in [0.1, 0.15) is 16.4 Å². The third-order valence-electron chi connectivity index (χ3n) is 4.41. The normalized spacial score (nSPS) is 13.7. The van der Waals surface area contributed by atoms with Crippen molar-refractivity contribution in [2.24, 2.45) is 0 Å². The lowest BCUT2D eigenvalue weighted by atomic mass is 10.2. The van der Waals surface area contributed by atoms with Crippen molar-refractivity contribution in [2.45, 2.75) is 25.7 Å². The third kappa shape index (κ3) is 2.93. The number of benzene rings is 1. The molecule has 3 aromatic rings. The topological polar surface area (TPSA) is 56.1 Å².